The molecule has 1 aromatic carbocycles. The van der Waals surface area contributed by atoms with Crippen molar-refractivity contribution in [2.75, 3.05) is 26.8 Å². The predicted octanol–water partition coefficient (Wildman–Crippen LogP) is 2.50. The quantitative estimate of drug-likeness (QED) is 0.870. The molecule has 0 radical (unpaired) electrons. The van der Waals surface area contributed by atoms with E-state index in [1.807, 2.05) is 24.0 Å². The first kappa shape index (κ1) is 19.0. The lowest BCUT2D eigenvalue weighted by Gasteiger charge is -2.32. The van der Waals surface area contributed by atoms with Crippen molar-refractivity contribution >= 4 is 11.9 Å². The molecule has 7 heteroatoms. The number of hydrogen-bond acceptors (Lipinski definition) is 5. The molecule has 1 aliphatic heterocycles. The molecule has 0 bridgehead atoms. The summed E-state index contributed by atoms with van der Waals surface area (Å²) >= 11 is 0. The third kappa shape index (κ3) is 4.49. The van der Waals surface area contributed by atoms with Crippen molar-refractivity contribution in [1.82, 2.24) is 14.9 Å². The number of aryl methyl sites for hydroxylation is 1. The summed E-state index contributed by atoms with van der Waals surface area (Å²) in [6, 6.07) is 8.63. The summed E-state index contributed by atoms with van der Waals surface area (Å²) in [6.07, 6.45) is 1.86. The first-order chi connectivity index (χ1) is 13.0. The lowest BCUT2D eigenvalue weighted by molar-refractivity contribution is -0.136. The lowest BCUT2D eigenvalue weighted by atomic mass is 9.93. The van der Waals surface area contributed by atoms with Crippen LogP contribution in [0.5, 0.6) is 0 Å². The van der Waals surface area contributed by atoms with Gasteiger partial charge in [0.25, 0.3) is 0 Å². The molecule has 1 fully saturated rings. The second-order valence-electron chi connectivity index (χ2n) is 6.72. The molecule has 1 aliphatic rings. The molecule has 27 heavy (non-hydrogen) atoms. The molecular weight excluding hydrogens is 346 g/mol. The summed E-state index contributed by atoms with van der Waals surface area (Å²) in [7, 11) is 1.52. The van der Waals surface area contributed by atoms with E-state index in [2.05, 4.69) is 9.97 Å². The van der Waals surface area contributed by atoms with Crippen molar-refractivity contribution in [2.45, 2.75) is 25.7 Å². The highest BCUT2D eigenvalue weighted by atomic mass is 16.5. The zero-order chi connectivity index (χ0) is 19.4. The molecule has 1 saturated heterocycles. The van der Waals surface area contributed by atoms with Crippen molar-refractivity contribution in [2.24, 2.45) is 0 Å². The Morgan fingerprint density at radius 3 is 2.85 bits per heavy atom. The third-order valence-corrected chi connectivity index (χ3v) is 4.72. The van der Waals surface area contributed by atoms with E-state index >= 15 is 0 Å². The Balaban J connectivity index is 1.88. The van der Waals surface area contributed by atoms with Crippen LogP contribution in [0.2, 0.25) is 0 Å². The van der Waals surface area contributed by atoms with Crippen LogP contribution in [0.15, 0.2) is 30.3 Å². The molecule has 0 unspecified atom stereocenters. The number of amides is 1. The van der Waals surface area contributed by atoms with Gasteiger partial charge in [-0.05, 0) is 38.0 Å². The molecule has 0 aliphatic carbocycles. The van der Waals surface area contributed by atoms with Gasteiger partial charge >= 0.3 is 5.97 Å². The lowest BCUT2D eigenvalue weighted by Crippen LogP contribution is -2.41. The largest absolute Gasteiger partial charge is 0.478 e. The average Bonchev–Trinajstić information content (AvgIpc) is 2.68. The number of hydrogen-bond donors (Lipinski definition) is 1. The molecular formula is C20H23N3O4. The van der Waals surface area contributed by atoms with E-state index < -0.39 is 5.97 Å². The molecule has 1 atom stereocenters. The van der Waals surface area contributed by atoms with E-state index in [9.17, 15) is 14.7 Å². The molecule has 1 aromatic heterocycles. The summed E-state index contributed by atoms with van der Waals surface area (Å²) < 4.78 is 4.96. The highest BCUT2D eigenvalue weighted by molar-refractivity contribution is 5.89. The van der Waals surface area contributed by atoms with Gasteiger partial charge in [-0.1, -0.05) is 12.1 Å². The smallest absolute Gasteiger partial charge is 0.335 e. The number of piperidine rings is 1. The van der Waals surface area contributed by atoms with Crippen molar-refractivity contribution in [1.29, 1.82) is 0 Å². The second-order valence-corrected chi connectivity index (χ2v) is 6.72. The maximum absolute atomic E-state index is 12.1. The standard InChI is InChI=1S/C20H23N3O4/c1-13-21-17(14-5-3-6-15(9-14)20(25)26)10-18(22-13)16-7-4-8-23(11-16)19(24)12-27-2/h3,5-6,9-10,16H,4,7-8,11-12H2,1-2H3,(H,25,26)/t16-/m1/s1. The number of carboxylic acid groups (broad SMARTS) is 1. The number of aromatic nitrogens is 2. The van der Waals surface area contributed by atoms with E-state index in [0.29, 0.717) is 18.1 Å². The highest BCUT2D eigenvalue weighted by Gasteiger charge is 2.26. The van der Waals surface area contributed by atoms with Crippen LogP contribution in [0.4, 0.5) is 0 Å². The second kappa shape index (κ2) is 8.26. The van der Waals surface area contributed by atoms with Crippen LogP contribution in [0, 0.1) is 6.92 Å². The predicted molar refractivity (Wildman–Crippen MR) is 99.6 cm³/mol. The van der Waals surface area contributed by atoms with Gasteiger partial charge in [-0.25, -0.2) is 14.8 Å². The van der Waals surface area contributed by atoms with E-state index in [0.717, 1.165) is 30.6 Å². The summed E-state index contributed by atoms with van der Waals surface area (Å²) in [4.78, 5) is 34.3. The van der Waals surface area contributed by atoms with Gasteiger partial charge in [-0.2, -0.15) is 0 Å². The zero-order valence-electron chi connectivity index (χ0n) is 15.5. The van der Waals surface area contributed by atoms with Gasteiger partial charge in [-0.3, -0.25) is 4.79 Å². The van der Waals surface area contributed by atoms with Gasteiger partial charge in [0.2, 0.25) is 5.91 Å². The van der Waals surface area contributed by atoms with Gasteiger partial charge in [0, 0.05) is 37.4 Å². The summed E-state index contributed by atoms with van der Waals surface area (Å²) in [6.45, 7) is 3.25. The number of carbonyl (C=O) groups excluding carboxylic acids is 1. The normalized spacial score (nSPS) is 17.0. The number of likely N-dealkylation sites (tertiary alicyclic amines) is 1. The Morgan fingerprint density at radius 2 is 2.11 bits per heavy atom. The maximum atomic E-state index is 12.1. The number of carboxylic acids is 1. The highest BCUT2D eigenvalue weighted by Crippen LogP contribution is 2.28. The van der Waals surface area contributed by atoms with Crippen molar-refractivity contribution in [3.8, 4) is 11.3 Å². The number of carbonyl (C=O) groups is 2. The summed E-state index contributed by atoms with van der Waals surface area (Å²) in [5.41, 5.74) is 2.54. The van der Waals surface area contributed by atoms with Crippen molar-refractivity contribution in [3.63, 3.8) is 0 Å². The Kier molecular flexibility index (Phi) is 5.81. The van der Waals surface area contributed by atoms with Gasteiger partial charge in [0.05, 0.1) is 11.3 Å². The SMILES string of the molecule is COCC(=O)N1CCC[C@@H](c2cc(-c3cccc(C(=O)O)c3)nc(C)n2)C1. The topological polar surface area (TPSA) is 92.6 Å². The molecule has 1 amide bonds. The van der Waals surface area contributed by atoms with Gasteiger partial charge in [0.15, 0.2) is 0 Å². The number of rotatable bonds is 5. The van der Waals surface area contributed by atoms with Crippen LogP contribution in [-0.2, 0) is 9.53 Å². The average molecular weight is 369 g/mol. The Hall–Kier alpha value is -2.80. The number of methoxy groups -OCH3 is 1. The van der Waals surface area contributed by atoms with Crippen LogP contribution in [0.3, 0.4) is 0 Å². The number of ether oxygens (including phenoxy) is 1. The van der Waals surface area contributed by atoms with Crippen LogP contribution < -0.4 is 0 Å². The fourth-order valence-corrected chi connectivity index (χ4v) is 3.42. The Morgan fingerprint density at radius 1 is 1.30 bits per heavy atom. The van der Waals surface area contributed by atoms with Gasteiger partial charge < -0.3 is 14.7 Å². The molecule has 0 saturated carbocycles. The molecule has 0 spiro atoms. The fourth-order valence-electron chi connectivity index (χ4n) is 3.42. The molecule has 2 heterocycles. The van der Waals surface area contributed by atoms with Crippen LogP contribution in [0.1, 0.15) is 40.6 Å². The van der Waals surface area contributed by atoms with E-state index in [1.165, 1.54) is 7.11 Å². The minimum atomic E-state index is -0.970. The van der Waals surface area contributed by atoms with Gasteiger partial charge in [0.1, 0.15) is 12.4 Å². The third-order valence-electron chi connectivity index (χ3n) is 4.72. The van der Waals surface area contributed by atoms with Crippen molar-refractivity contribution in [3.05, 3.63) is 47.4 Å². The molecule has 2 aromatic rings. The Bertz CT molecular complexity index is 853. The maximum Gasteiger partial charge on any atom is 0.335 e. The monoisotopic (exact) mass is 369 g/mol. The minimum Gasteiger partial charge on any atom is -0.478 e. The molecule has 3 rings (SSSR count). The zero-order valence-corrected chi connectivity index (χ0v) is 15.5. The molecule has 1 N–H and O–H groups in total. The first-order valence-electron chi connectivity index (χ1n) is 8.94. The van der Waals surface area contributed by atoms with Crippen LogP contribution >= 0.6 is 0 Å². The van der Waals surface area contributed by atoms with Crippen LogP contribution in [-0.4, -0.2) is 58.7 Å². The molecule has 7 nitrogen and oxygen atoms in total. The van der Waals surface area contributed by atoms with E-state index in [4.69, 9.17) is 4.74 Å². The number of benzene rings is 1. The Labute approximate surface area is 158 Å². The summed E-state index contributed by atoms with van der Waals surface area (Å²) in [5, 5.41) is 9.21. The summed E-state index contributed by atoms with van der Waals surface area (Å²) in [5.74, 6) is -0.226. The van der Waals surface area contributed by atoms with E-state index in [1.54, 1.807) is 18.2 Å². The van der Waals surface area contributed by atoms with Crippen LogP contribution in [0.25, 0.3) is 11.3 Å². The molecule has 142 valence electrons. The first-order valence-corrected chi connectivity index (χ1v) is 8.94. The number of nitrogens with zero attached hydrogens (tertiary/aromatic N) is 3. The number of aromatic carboxylic acids is 1. The van der Waals surface area contributed by atoms with Crippen molar-refractivity contribution < 1.29 is 19.4 Å². The van der Waals surface area contributed by atoms with E-state index in [-0.39, 0.29) is 24.0 Å². The minimum absolute atomic E-state index is 0.0117. The fraction of sp³-hybridized carbons (Fsp3) is 0.400. The van der Waals surface area contributed by atoms with Gasteiger partial charge in [-0.15, -0.1) is 0 Å².